The summed E-state index contributed by atoms with van der Waals surface area (Å²) in [7, 11) is 0. The van der Waals surface area contributed by atoms with E-state index in [1.807, 2.05) is 0 Å². The molecule has 0 amide bonds. The van der Waals surface area contributed by atoms with Gasteiger partial charge in [0.2, 0.25) is 0 Å². The maximum atomic E-state index is 10.7. The van der Waals surface area contributed by atoms with Crippen LogP contribution in [0.3, 0.4) is 0 Å². The van der Waals surface area contributed by atoms with E-state index in [1.165, 1.54) is 6.42 Å². The van der Waals surface area contributed by atoms with Crippen LogP contribution in [0.1, 0.15) is 45.4 Å². The Bertz CT molecular complexity index is 283. The topological polar surface area (TPSA) is 47.3 Å². The molecule has 1 heterocycles. The Labute approximate surface area is 98.1 Å². The summed E-state index contributed by atoms with van der Waals surface area (Å²) in [6.07, 6.45) is 5.62. The molecular weight excluding hydrogens is 200 g/mol. The molecule has 2 rings (SSSR count). The molecule has 0 bridgehead atoms. The molecule has 0 atom stereocenters. The van der Waals surface area contributed by atoms with Gasteiger partial charge in [-0.25, -0.2) is 0 Å². The third-order valence-corrected chi connectivity index (χ3v) is 4.53. The molecule has 1 saturated carbocycles. The van der Waals surface area contributed by atoms with Crippen molar-refractivity contribution >= 4 is 0 Å². The number of rotatable bonds is 3. The lowest BCUT2D eigenvalue weighted by molar-refractivity contribution is -0.127. The van der Waals surface area contributed by atoms with E-state index >= 15 is 0 Å². The lowest BCUT2D eigenvalue weighted by atomic mass is 9.57. The SMILES string of the molecule is CCCN1CCC(O)(C2(C#N)CCC2)CC1. The Balaban J connectivity index is 1.98. The second kappa shape index (κ2) is 4.35. The van der Waals surface area contributed by atoms with Gasteiger partial charge in [-0.15, -0.1) is 0 Å². The zero-order chi connectivity index (χ0) is 11.6. The van der Waals surface area contributed by atoms with E-state index in [4.69, 9.17) is 0 Å². The first-order valence-electron chi connectivity index (χ1n) is 6.52. The molecule has 1 saturated heterocycles. The summed E-state index contributed by atoms with van der Waals surface area (Å²) < 4.78 is 0. The average Bonchev–Trinajstić information content (AvgIpc) is 2.21. The van der Waals surface area contributed by atoms with Crippen molar-refractivity contribution in [2.24, 2.45) is 5.41 Å². The molecular formula is C13H22N2O. The molecule has 1 aliphatic heterocycles. The molecule has 0 aromatic heterocycles. The molecule has 3 nitrogen and oxygen atoms in total. The fourth-order valence-corrected chi connectivity index (χ4v) is 3.15. The van der Waals surface area contributed by atoms with Crippen LogP contribution in [0.2, 0.25) is 0 Å². The van der Waals surface area contributed by atoms with Crippen LogP contribution < -0.4 is 0 Å². The van der Waals surface area contributed by atoms with E-state index in [-0.39, 0.29) is 0 Å². The second-order valence-corrected chi connectivity index (χ2v) is 5.42. The largest absolute Gasteiger partial charge is 0.388 e. The minimum Gasteiger partial charge on any atom is -0.388 e. The van der Waals surface area contributed by atoms with Crippen LogP contribution in [0.5, 0.6) is 0 Å². The Morgan fingerprint density at radius 1 is 1.25 bits per heavy atom. The molecule has 0 unspecified atom stereocenters. The van der Waals surface area contributed by atoms with Gasteiger partial charge in [-0.3, -0.25) is 0 Å². The Kier molecular flexibility index (Phi) is 3.23. The third kappa shape index (κ3) is 1.74. The summed E-state index contributed by atoms with van der Waals surface area (Å²) in [4.78, 5) is 2.40. The van der Waals surface area contributed by atoms with Gasteiger partial charge < -0.3 is 10.0 Å². The first kappa shape index (κ1) is 11.9. The van der Waals surface area contributed by atoms with Gasteiger partial charge in [-0.1, -0.05) is 13.3 Å². The van der Waals surface area contributed by atoms with Crippen molar-refractivity contribution in [3.63, 3.8) is 0 Å². The first-order chi connectivity index (χ1) is 7.66. The lowest BCUT2D eigenvalue weighted by Crippen LogP contribution is -2.57. The van der Waals surface area contributed by atoms with E-state index in [1.54, 1.807) is 0 Å². The van der Waals surface area contributed by atoms with Crippen molar-refractivity contribution in [2.75, 3.05) is 19.6 Å². The summed E-state index contributed by atoms with van der Waals surface area (Å²) in [5.41, 5.74) is -1.12. The molecule has 0 spiro atoms. The molecule has 16 heavy (non-hydrogen) atoms. The minimum absolute atomic E-state index is 0.411. The van der Waals surface area contributed by atoms with Crippen LogP contribution in [-0.4, -0.2) is 35.2 Å². The number of hydrogen-bond donors (Lipinski definition) is 1. The highest BCUT2D eigenvalue weighted by molar-refractivity contribution is 5.16. The van der Waals surface area contributed by atoms with Crippen molar-refractivity contribution < 1.29 is 5.11 Å². The first-order valence-corrected chi connectivity index (χ1v) is 6.52. The number of nitrogens with zero attached hydrogens (tertiary/aromatic N) is 2. The lowest BCUT2D eigenvalue weighted by Gasteiger charge is -2.51. The zero-order valence-electron chi connectivity index (χ0n) is 10.2. The summed E-state index contributed by atoms with van der Waals surface area (Å²) in [5, 5.41) is 20.0. The van der Waals surface area contributed by atoms with Crippen LogP contribution in [0, 0.1) is 16.7 Å². The average molecular weight is 222 g/mol. The molecule has 3 heteroatoms. The van der Waals surface area contributed by atoms with Gasteiger partial charge >= 0.3 is 0 Å². The summed E-state index contributed by atoms with van der Waals surface area (Å²) >= 11 is 0. The van der Waals surface area contributed by atoms with E-state index in [2.05, 4.69) is 17.9 Å². The van der Waals surface area contributed by atoms with Gasteiger partial charge in [-0.2, -0.15) is 5.26 Å². The van der Waals surface area contributed by atoms with Crippen LogP contribution in [0.25, 0.3) is 0 Å². The number of hydrogen-bond acceptors (Lipinski definition) is 3. The molecule has 90 valence electrons. The van der Waals surface area contributed by atoms with Crippen molar-refractivity contribution in [3.8, 4) is 6.07 Å². The van der Waals surface area contributed by atoms with Crippen molar-refractivity contribution in [1.82, 2.24) is 4.90 Å². The van der Waals surface area contributed by atoms with Crippen LogP contribution in [0.4, 0.5) is 0 Å². The van der Waals surface area contributed by atoms with E-state index < -0.39 is 11.0 Å². The monoisotopic (exact) mass is 222 g/mol. The fourth-order valence-electron chi connectivity index (χ4n) is 3.15. The highest BCUT2D eigenvalue weighted by Gasteiger charge is 2.55. The van der Waals surface area contributed by atoms with Gasteiger partial charge in [0.25, 0.3) is 0 Å². The van der Waals surface area contributed by atoms with Gasteiger partial charge in [0.15, 0.2) is 0 Å². The summed E-state index contributed by atoms with van der Waals surface area (Å²) in [5.74, 6) is 0. The zero-order valence-corrected chi connectivity index (χ0v) is 10.2. The van der Waals surface area contributed by atoms with Gasteiger partial charge in [0.1, 0.15) is 0 Å². The molecule has 0 radical (unpaired) electrons. The predicted molar refractivity (Wildman–Crippen MR) is 62.8 cm³/mol. The Morgan fingerprint density at radius 2 is 1.88 bits per heavy atom. The quantitative estimate of drug-likeness (QED) is 0.793. The fraction of sp³-hybridized carbons (Fsp3) is 0.923. The maximum Gasteiger partial charge on any atom is 0.0861 e. The standard InChI is InChI=1S/C13H22N2O/c1-2-8-15-9-6-13(16,7-10-15)12(11-14)4-3-5-12/h16H,2-10H2,1H3. The Morgan fingerprint density at radius 3 is 2.25 bits per heavy atom. The van der Waals surface area contributed by atoms with Crippen molar-refractivity contribution in [2.45, 2.75) is 51.0 Å². The minimum atomic E-state index is -0.704. The van der Waals surface area contributed by atoms with E-state index in [0.717, 1.165) is 51.7 Å². The molecule has 2 aliphatic rings. The second-order valence-electron chi connectivity index (χ2n) is 5.42. The molecule has 1 N–H and O–H groups in total. The number of aliphatic hydroxyl groups is 1. The molecule has 1 aliphatic carbocycles. The van der Waals surface area contributed by atoms with Gasteiger partial charge in [-0.05, 0) is 38.6 Å². The van der Waals surface area contributed by atoms with Crippen molar-refractivity contribution in [3.05, 3.63) is 0 Å². The van der Waals surface area contributed by atoms with E-state index in [9.17, 15) is 10.4 Å². The highest BCUT2D eigenvalue weighted by Crippen LogP contribution is 2.52. The van der Waals surface area contributed by atoms with Gasteiger partial charge in [0, 0.05) is 13.1 Å². The smallest absolute Gasteiger partial charge is 0.0861 e. The Hall–Kier alpha value is -0.590. The summed E-state index contributed by atoms with van der Waals surface area (Å²) in [6.45, 7) is 5.21. The number of nitriles is 1. The number of likely N-dealkylation sites (tertiary alicyclic amines) is 1. The molecule has 2 fully saturated rings. The van der Waals surface area contributed by atoms with Crippen LogP contribution in [0.15, 0.2) is 0 Å². The highest BCUT2D eigenvalue weighted by atomic mass is 16.3. The van der Waals surface area contributed by atoms with Crippen molar-refractivity contribution in [1.29, 1.82) is 5.26 Å². The van der Waals surface area contributed by atoms with Crippen LogP contribution in [-0.2, 0) is 0 Å². The normalized spacial score (nSPS) is 28.1. The third-order valence-electron chi connectivity index (χ3n) is 4.53. The van der Waals surface area contributed by atoms with Crippen LogP contribution >= 0.6 is 0 Å². The van der Waals surface area contributed by atoms with E-state index in [0.29, 0.717) is 0 Å². The maximum absolute atomic E-state index is 10.7. The summed E-state index contributed by atoms with van der Waals surface area (Å²) in [6, 6.07) is 2.40. The predicted octanol–water partition coefficient (Wildman–Crippen LogP) is 1.92. The van der Waals surface area contributed by atoms with Gasteiger partial charge in [0.05, 0.1) is 17.1 Å². The number of piperidine rings is 1. The molecule has 0 aromatic carbocycles. The molecule has 0 aromatic rings.